The van der Waals surface area contributed by atoms with Crippen LogP contribution < -0.4 is 14.8 Å². The minimum absolute atomic E-state index is 0.108. The number of fused-ring (bicyclic) bond motifs is 3. The van der Waals surface area contributed by atoms with Gasteiger partial charge in [-0.3, -0.25) is 9.59 Å². The van der Waals surface area contributed by atoms with Crippen LogP contribution in [0.2, 0.25) is 0 Å². The fraction of sp³-hybridized carbons (Fsp3) is 0.630. The Balaban J connectivity index is 1.77. The number of ether oxygens (including phenoxy) is 3. The van der Waals surface area contributed by atoms with Gasteiger partial charge < -0.3 is 29.0 Å². The molecule has 192 valence electrons. The third-order valence-electron chi connectivity index (χ3n) is 8.19. The fourth-order valence-electron chi connectivity index (χ4n) is 5.78. The zero-order valence-corrected chi connectivity index (χ0v) is 21.8. The molecule has 1 fully saturated rings. The zero-order chi connectivity index (χ0) is 25.3. The van der Waals surface area contributed by atoms with Crippen molar-refractivity contribution in [1.82, 2.24) is 14.8 Å². The number of nitrogens with one attached hydrogen (secondary N) is 1. The lowest BCUT2D eigenvalue weighted by Crippen LogP contribution is -2.65. The molecule has 2 aromatic rings. The first-order chi connectivity index (χ1) is 16.8. The molecule has 4 atom stereocenters. The molecule has 1 aliphatic carbocycles. The Kier molecular flexibility index (Phi) is 7.31. The number of carbonyl (C=O) groups excluding carboxylic acids is 2. The van der Waals surface area contributed by atoms with Gasteiger partial charge in [0, 0.05) is 31.7 Å². The second-order valence-electron chi connectivity index (χ2n) is 10.3. The molecule has 1 aliphatic heterocycles. The highest BCUT2D eigenvalue weighted by atomic mass is 16.5. The van der Waals surface area contributed by atoms with Crippen LogP contribution in [0.15, 0.2) is 18.2 Å². The summed E-state index contributed by atoms with van der Waals surface area (Å²) in [5.41, 5.74) is 0.244. The smallest absolute Gasteiger partial charge is 0.271 e. The van der Waals surface area contributed by atoms with Gasteiger partial charge in [0.2, 0.25) is 5.91 Å². The number of carbonyl (C=O) groups is 2. The number of rotatable bonds is 8. The van der Waals surface area contributed by atoms with Gasteiger partial charge >= 0.3 is 0 Å². The van der Waals surface area contributed by atoms with Gasteiger partial charge in [-0.05, 0) is 49.8 Å². The second-order valence-corrected chi connectivity index (χ2v) is 10.3. The lowest BCUT2D eigenvalue weighted by atomic mass is 9.77. The predicted molar refractivity (Wildman–Crippen MR) is 135 cm³/mol. The van der Waals surface area contributed by atoms with Gasteiger partial charge in [0.25, 0.3) is 5.91 Å². The second kappa shape index (κ2) is 10.1. The molecule has 8 heteroatoms. The summed E-state index contributed by atoms with van der Waals surface area (Å²) in [4.78, 5) is 29.6. The Morgan fingerprint density at radius 3 is 2.54 bits per heavy atom. The number of hydrogen-bond donors (Lipinski definition) is 1. The summed E-state index contributed by atoms with van der Waals surface area (Å²) in [6.45, 7) is 7.63. The minimum Gasteiger partial charge on any atom is -0.496 e. The highest BCUT2D eigenvalue weighted by Crippen LogP contribution is 2.40. The van der Waals surface area contributed by atoms with Crippen molar-refractivity contribution < 1.29 is 23.8 Å². The number of benzene rings is 1. The first-order valence-corrected chi connectivity index (χ1v) is 12.6. The van der Waals surface area contributed by atoms with Crippen molar-refractivity contribution >= 4 is 22.7 Å². The van der Waals surface area contributed by atoms with Crippen LogP contribution in [-0.4, -0.2) is 67.3 Å². The summed E-state index contributed by atoms with van der Waals surface area (Å²) in [6, 6.07) is 5.64. The molecule has 0 unspecified atom stereocenters. The summed E-state index contributed by atoms with van der Waals surface area (Å²) >= 11 is 0. The maximum Gasteiger partial charge on any atom is 0.271 e. The maximum absolute atomic E-state index is 14.0. The van der Waals surface area contributed by atoms with Crippen LogP contribution in [0, 0.1) is 11.8 Å². The molecule has 8 nitrogen and oxygen atoms in total. The first-order valence-electron chi connectivity index (χ1n) is 12.6. The molecule has 0 radical (unpaired) electrons. The van der Waals surface area contributed by atoms with Crippen LogP contribution in [0.1, 0.15) is 56.9 Å². The van der Waals surface area contributed by atoms with Crippen LogP contribution in [0.3, 0.4) is 0 Å². The predicted octanol–water partition coefficient (Wildman–Crippen LogP) is 3.85. The standard InChI is InChI=1S/C27H39N3O5/c1-17-9-7-10-20(18(17)2)28-26(32)27(3)16-29-21(25(31)30(27)13-8-14-33-4)15-19-22(34-5)11-12-23(35-6)24(19)29/h11-12,15,17-18,20H,7-10,13-14,16H2,1-6H3,(H,28,32)/t17-,18+,20-,27-/m1/s1. The minimum atomic E-state index is -1.06. The molecule has 4 rings (SSSR count). The van der Waals surface area contributed by atoms with Gasteiger partial charge in [0.15, 0.2) is 0 Å². The molecule has 1 aromatic heterocycles. The lowest BCUT2D eigenvalue weighted by Gasteiger charge is -2.45. The molecular formula is C27H39N3O5. The van der Waals surface area contributed by atoms with E-state index in [1.165, 1.54) is 6.42 Å². The Bertz CT molecular complexity index is 1100. The summed E-state index contributed by atoms with van der Waals surface area (Å²) in [5.74, 6) is 1.98. The Labute approximate surface area is 207 Å². The molecule has 2 heterocycles. The van der Waals surface area contributed by atoms with Crippen molar-refractivity contribution in [1.29, 1.82) is 0 Å². The Hall–Kier alpha value is -2.74. The van der Waals surface area contributed by atoms with Crippen molar-refractivity contribution in [3.63, 3.8) is 0 Å². The summed E-state index contributed by atoms with van der Waals surface area (Å²) in [5, 5.41) is 4.14. The maximum atomic E-state index is 14.0. The van der Waals surface area contributed by atoms with E-state index in [0.29, 0.717) is 55.1 Å². The van der Waals surface area contributed by atoms with Gasteiger partial charge in [-0.1, -0.05) is 26.7 Å². The van der Waals surface area contributed by atoms with E-state index in [1.807, 2.05) is 29.7 Å². The van der Waals surface area contributed by atoms with E-state index in [4.69, 9.17) is 14.2 Å². The lowest BCUT2D eigenvalue weighted by molar-refractivity contribution is -0.134. The molecule has 1 aromatic carbocycles. The van der Waals surface area contributed by atoms with E-state index in [9.17, 15) is 9.59 Å². The molecule has 0 bridgehead atoms. The number of aromatic nitrogens is 1. The number of hydrogen-bond acceptors (Lipinski definition) is 5. The average Bonchev–Trinajstić information content (AvgIpc) is 3.23. The third kappa shape index (κ3) is 4.37. The summed E-state index contributed by atoms with van der Waals surface area (Å²) in [6.07, 6.45) is 3.91. The van der Waals surface area contributed by atoms with Crippen molar-refractivity contribution in [3.05, 3.63) is 23.9 Å². The molecule has 0 saturated heterocycles. The molecule has 2 aliphatic rings. The molecular weight excluding hydrogens is 446 g/mol. The normalized spacial score (nSPS) is 26.5. The number of amides is 2. The highest BCUT2D eigenvalue weighted by molar-refractivity contribution is 6.05. The number of methoxy groups -OCH3 is 3. The molecule has 1 saturated carbocycles. The van der Waals surface area contributed by atoms with Gasteiger partial charge in [-0.2, -0.15) is 0 Å². The van der Waals surface area contributed by atoms with E-state index >= 15 is 0 Å². The monoisotopic (exact) mass is 485 g/mol. The van der Waals surface area contributed by atoms with Crippen LogP contribution in [-0.2, 0) is 16.1 Å². The first kappa shape index (κ1) is 25.4. The molecule has 0 spiro atoms. The van der Waals surface area contributed by atoms with Crippen LogP contribution in [0.5, 0.6) is 11.5 Å². The van der Waals surface area contributed by atoms with Crippen molar-refractivity contribution in [2.45, 2.75) is 64.6 Å². The SMILES string of the molecule is COCCCN1C(=O)c2cc3c(OC)ccc(OC)c3n2C[C@]1(C)C(=O)N[C@@H]1CCC[C@@H](C)[C@@H]1C. The zero-order valence-electron chi connectivity index (χ0n) is 21.8. The van der Waals surface area contributed by atoms with Gasteiger partial charge in [0.05, 0.1) is 26.3 Å². The summed E-state index contributed by atoms with van der Waals surface area (Å²) < 4.78 is 18.4. The molecule has 1 N–H and O–H groups in total. The fourth-order valence-corrected chi connectivity index (χ4v) is 5.78. The van der Waals surface area contributed by atoms with Crippen LogP contribution in [0.25, 0.3) is 10.9 Å². The van der Waals surface area contributed by atoms with E-state index in [0.717, 1.165) is 23.7 Å². The highest BCUT2D eigenvalue weighted by Gasteiger charge is 2.48. The van der Waals surface area contributed by atoms with E-state index < -0.39 is 5.54 Å². The molecule has 35 heavy (non-hydrogen) atoms. The summed E-state index contributed by atoms with van der Waals surface area (Å²) in [7, 11) is 4.87. The van der Waals surface area contributed by atoms with E-state index in [2.05, 4.69) is 19.2 Å². The average molecular weight is 486 g/mol. The van der Waals surface area contributed by atoms with E-state index in [1.54, 1.807) is 26.2 Å². The van der Waals surface area contributed by atoms with Crippen molar-refractivity contribution in [2.75, 3.05) is 34.5 Å². The van der Waals surface area contributed by atoms with Crippen LogP contribution >= 0.6 is 0 Å². The van der Waals surface area contributed by atoms with Crippen molar-refractivity contribution in [2.24, 2.45) is 11.8 Å². The van der Waals surface area contributed by atoms with Gasteiger partial charge in [0.1, 0.15) is 22.7 Å². The van der Waals surface area contributed by atoms with Crippen molar-refractivity contribution in [3.8, 4) is 11.5 Å². The Morgan fingerprint density at radius 1 is 1.14 bits per heavy atom. The largest absolute Gasteiger partial charge is 0.496 e. The van der Waals surface area contributed by atoms with Gasteiger partial charge in [-0.25, -0.2) is 0 Å². The van der Waals surface area contributed by atoms with Crippen LogP contribution in [0.4, 0.5) is 0 Å². The Morgan fingerprint density at radius 2 is 1.86 bits per heavy atom. The molecule has 2 amide bonds. The topological polar surface area (TPSA) is 82.0 Å². The van der Waals surface area contributed by atoms with Gasteiger partial charge in [-0.15, -0.1) is 0 Å². The quantitative estimate of drug-likeness (QED) is 0.575. The van der Waals surface area contributed by atoms with E-state index in [-0.39, 0.29) is 17.9 Å². The number of nitrogens with zero attached hydrogens (tertiary/aromatic N) is 2. The third-order valence-corrected chi connectivity index (χ3v) is 8.19.